The third kappa shape index (κ3) is 3.48. The number of rotatable bonds is 7. The Labute approximate surface area is 115 Å². The molecule has 18 heavy (non-hydrogen) atoms. The highest BCUT2D eigenvalue weighted by Gasteiger charge is 2.40. The van der Waals surface area contributed by atoms with Gasteiger partial charge in [-0.1, -0.05) is 33.6 Å². The van der Waals surface area contributed by atoms with Crippen molar-refractivity contribution in [3.05, 3.63) is 0 Å². The second kappa shape index (κ2) is 7.49. The van der Waals surface area contributed by atoms with Crippen LogP contribution in [0.25, 0.3) is 0 Å². The second-order valence-electron chi connectivity index (χ2n) is 6.29. The van der Waals surface area contributed by atoms with Crippen molar-refractivity contribution in [1.82, 2.24) is 10.2 Å². The van der Waals surface area contributed by atoms with E-state index in [1.165, 1.54) is 51.6 Å². The molecule has 3 atom stereocenters. The molecule has 1 heterocycles. The number of hydrogen-bond acceptors (Lipinski definition) is 2. The minimum absolute atomic E-state index is 0.323. The summed E-state index contributed by atoms with van der Waals surface area (Å²) >= 11 is 0. The largest absolute Gasteiger partial charge is 0.315 e. The number of nitrogens with zero attached hydrogens (tertiary/aromatic N) is 1. The van der Waals surface area contributed by atoms with Gasteiger partial charge in [-0.25, -0.2) is 0 Å². The molecule has 1 saturated heterocycles. The van der Waals surface area contributed by atoms with Crippen LogP contribution in [0.1, 0.15) is 66.2 Å². The van der Waals surface area contributed by atoms with Crippen molar-refractivity contribution >= 4 is 0 Å². The van der Waals surface area contributed by atoms with Gasteiger partial charge < -0.3 is 5.32 Å². The maximum Gasteiger partial charge on any atom is 0.0334 e. The SMILES string of the molecule is CCCC(C)C(NC)C(C)(CC)N1CCCCC1. The minimum atomic E-state index is 0.323. The van der Waals surface area contributed by atoms with Crippen molar-refractivity contribution in [3.63, 3.8) is 0 Å². The lowest BCUT2D eigenvalue weighted by Crippen LogP contribution is -2.62. The molecule has 0 aliphatic carbocycles. The molecule has 1 rings (SSSR count). The lowest BCUT2D eigenvalue weighted by Gasteiger charge is -2.50. The van der Waals surface area contributed by atoms with Crippen LogP contribution in [0.3, 0.4) is 0 Å². The third-order valence-electron chi connectivity index (χ3n) is 5.09. The Kier molecular flexibility index (Phi) is 6.65. The maximum absolute atomic E-state index is 3.63. The predicted molar refractivity (Wildman–Crippen MR) is 81.0 cm³/mol. The summed E-state index contributed by atoms with van der Waals surface area (Å²) in [6, 6.07) is 0.612. The van der Waals surface area contributed by atoms with Crippen molar-refractivity contribution in [1.29, 1.82) is 0 Å². The van der Waals surface area contributed by atoms with Crippen molar-refractivity contribution in [2.75, 3.05) is 20.1 Å². The highest BCUT2D eigenvalue weighted by atomic mass is 15.2. The van der Waals surface area contributed by atoms with E-state index in [4.69, 9.17) is 0 Å². The Hall–Kier alpha value is -0.0800. The van der Waals surface area contributed by atoms with E-state index in [2.05, 4.69) is 45.0 Å². The average molecular weight is 254 g/mol. The zero-order valence-electron chi connectivity index (χ0n) is 13.3. The number of hydrogen-bond donors (Lipinski definition) is 1. The monoisotopic (exact) mass is 254 g/mol. The Morgan fingerprint density at radius 3 is 2.22 bits per heavy atom. The molecule has 1 aliphatic heterocycles. The van der Waals surface area contributed by atoms with Gasteiger partial charge >= 0.3 is 0 Å². The summed E-state index contributed by atoms with van der Waals surface area (Å²) in [5, 5.41) is 3.63. The van der Waals surface area contributed by atoms with Crippen LogP contribution in [0.5, 0.6) is 0 Å². The standard InChI is InChI=1S/C16H34N2/c1-6-11-14(3)15(17-5)16(4,7-2)18-12-9-8-10-13-18/h14-15,17H,6-13H2,1-5H3. The zero-order valence-corrected chi connectivity index (χ0v) is 13.3. The van der Waals surface area contributed by atoms with E-state index >= 15 is 0 Å². The normalized spacial score (nSPS) is 24.5. The van der Waals surface area contributed by atoms with Gasteiger partial charge in [0.25, 0.3) is 0 Å². The molecule has 0 bridgehead atoms. The molecule has 108 valence electrons. The highest BCUT2D eigenvalue weighted by molar-refractivity contribution is 4.98. The predicted octanol–water partition coefficient (Wildman–Crippen LogP) is 3.67. The lowest BCUT2D eigenvalue weighted by atomic mass is 9.78. The Morgan fingerprint density at radius 2 is 1.78 bits per heavy atom. The molecule has 1 fully saturated rings. The molecular formula is C16H34N2. The van der Waals surface area contributed by atoms with Crippen LogP contribution in [0.15, 0.2) is 0 Å². The Balaban J connectivity index is 2.80. The molecule has 0 saturated carbocycles. The van der Waals surface area contributed by atoms with Crippen molar-refractivity contribution in [2.45, 2.75) is 77.8 Å². The van der Waals surface area contributed by atoms with Crippen LogP contribution in [0, 0.1) is 5.92 Å². The molecule has 3 unspecified atom stereocenters. The smallest absolute Gasteiger partial charge is 0.0334 e. The third-order valence-corrected chi connectivity index (χ3v) is 5.09. The maximum atomic E-state index is 3.63. The average Bonchev–Trinajstić information content (AvgIpc) is 2.40. The van der Waals surface area contributed by atoms with Gasteiger partial charge in [0, 0.05) is 11.6 Å². The number of likely N-dealkylation sites (tertiary alicyclic amines) is 1. The first-order valence-electron chi connectivity index (χ1n) is 8.02. The summed E-state index contributed by atoms with van der Waals surface area (Å²) in [5.41, 5.74) is 0.323. The van der Waals surface area contributed by atoms with Crippen LogP contribution in [-0.2, 0) is 0 Å². The molecule has 0 spiro atoms. The summed E-state index contributed by atoms with van der Waals surface area (Å²) in [7, 11) is 2.15. The fourth-order valence-electron chi connectivity index (χ4n) is 3.88. The van der Waals surface area contributed by atoms with E-state index < -0.39 is 0 Å². The Bertz CT molecular complexity index is 223. The molecule has 0 amide bonds. The highest BCUT2D eigenvalue weighted by Crippen LogP contribution is 2.32. The number of piperidine rings is 1. The summed E-state index contributed by atoms with van der Waals surface area (Å²) in [5.74, 6) is 0.756. The molecule has 0 aromatic rings. The van der Waals surface area contributed by atoms with Gasteiger partial charge in [0.05, 0.1) is 0 Å². The minimum Gasteiger partial charge on any atom is -0.315 e. The van der Waals surface area contributed by atoms with Gasteiger partial charge in [-0.3, -0.25) is 4.90 Å². The molecule has 0 aromatic carbocycles. The van der Waals surface area contributed by atoms with Crippen LogP contribution in [-0.4, -0.2) is 36.6 Å². The van der Waals surface area contributed by atoms with Gasteiger partial charge in [0.1, 0.15) is 0 Å². The summed E-state index contributed by atoms with van der Waals surface area (Å²) in [6.45, 7) is 12.1. The van der Waals surface area contributed by atoms with Crippen LogP contribution in [0.2, 0.25) is 0 Å². The van der Waals surface area contributed by atoms with E-state index in [1.807, 2.05) is 0 Å². The second-order valence-corrected chi connectivity index (χ2v) is 6.29. The first kappa shape index (κ1) is 16.0. The van der Waals surface area contributed by atoms with Gasteiger partial charge in [0.15, 0.2) is 0 Å². The summed E-state index contributed by atoms with van der Waals surface area (Å²) in [4.78, 5) is 2.75. The lowest BCUT2D eigenvalue weighted by molar-refractivity contribution is 0.0267. The fourth-order valence-corrected chi connectivity index (χ4v) is 3.88. The first-order chi connectivity index (χ1) is 8.60. The first-order valence-corrected chi connectivity index (χ1v) is 8.02. The Morgan fingerprint density at radius 1 is 1.17 bits per heavy atom. The van der Waals surface area contributed by atoms with Crippen molar-refractivity contribution in [3.8, 4) is 0 Å². The molecule has 2 heteroatoms. The molecule has 1 aliphatic rings. The van der Waals surface area contributed by atoms with Crippen LogP contribution in [0.4, 0.5) is 0 Å². The molecule has 2 nitrogen and oxygen atoms in total. The topological polar surface area (TPSA) is 15.3 Å². The molecule has 0 aromatic heterocycles. The van der Waals surface area contributed by atoms with E-state index in [0.29, 0.717) is 11.6 Å². The van der Waals surface area contributed by atoms with Gasteiger partial charge in [-0.2, -0.15) is 0 Å². The van der Waals surface area contributed by atoms with E-state index in [-0.39, 0.29) is 0 Å². The molecule has 0 radical (unpaired) electrons. The van der Waals surface area contributed by atoms with Crippen LogP contribution >= 0.6 is 0 Å². The molecule has 1 N–H and O–H groups in total. The number of likely N-dealkylation sites (N-methyl/N-ethyl adjacent to an activating group) is 1. The fraction of sp³-hybridized carbons (Fsp3) is 1.00. The van der Waals surface area contributed by atoms with Crippen LogP contribution < -0.4 is 5.32 Å². The van der Waals surface area contributed by atoms with Crippen molar-refractivity contribution < 1.29 is 0 Å². The quantitative estimate of drug-likeness (QED) is 0.746. The van der Waals surface area contributed by atoms with Gasteiger partial charge in [0.2, 0.25) is 0 Å². The van der Waals surface area contributed by atoms with E-state index in [0.717, 1.165) is 5.92 Å². The van der Waals surface area contributed by atoms with Crippen molar-refractivity contribution in [2.24, 2.45) is 5.92 Å². The summed E-state index contributed by atoms with van der Waals surface area (Å²) < 4.78 is 0. The number of nitrogens with one attached hydrogen (secondary N) is 1. The van der Waals surface area contributed by atoms with E-state index in [1.54, 1.807) is 0 Å². The van der Waals surface area contributed by atoms with Gasteiger partial charge in [-0.05, 0) is 58.7 Å². The van der Waals surface area contributed by atoms with Gasteiger partial charge in [-0.15, -0.1) is 0 Å². The summed E-state index contributed by atoms with van der Waals surface area (Å²) in [6.07, 6.45) is 8.05. The van der Waals surface area contributed by atoms with E-state index in [9.17, 15) is 0 Å². The zero-order chi connectivity index (χ0) is 13.6. The molecular weight excluding hydrogens is 220 g/mol.